The van der Waals surface area contributed by atoms with Crippen LogP contribution in [0.2, 0.25) is 0 Å². The van der Waals surface area contributed by atoms with Gasteiger partial charge in [-0.3, -0.25) is 9.59 Å². The molecule has 0 spiro atoms. The highest BCUT2D eigenvalue weighted by atomic mass is 16.6. The number of aliphatic hydroxyl groups excluding tert-OH is 1. The number of anilines is 1. The Bertz CT molecular complexity index is 1460. The van der Waals surface area contributed by atoms with Gasteiger partial charge in [0.25, 0.3) is 0 Å². The van der Waals surface area contributed by atoms with E-state index in [1.54, 1.807) is 31.5 Å². The third-order valence-corrected chi connectivity index (χ3v) is 12.0. The Hall–Kier alpha value is -3.37. The van der Waals surface area contributed by atoms with Gasteiger partial charge in [-0.05, 0) is 140 Å². The van der Waals surface area contributed by atoms with E-state index < -0.39 is 24.3 Å². The van der Waals surface area contributed by atoms with Crippen LogP contribution >= 0.6 is 0 Å². The van der Waals surface area contributed by atoms with Crippen molar-refractivity contribution in [2.24, 2.45) is 41.4 Å². The van der Waals surface area contributed by atoms with Gasteiger partial charge in [0.2, 0.25) is 0 Å². The quantitative estimate of drug-likeness (QED) is 0.204. The van der Waals surface area contributed by atoms with Crippen LogP contribution in [0.3, 0.4) is 0 Å². The highest BCUT2D eigenvalue weighted by molar-refractivity contribution is 5.72. The van der Waals surface area contributed by atoms with Crippen LogP contribution in [0.25, 0.3) is 11.1 Å². The van der Waals surface area contributed by atoms with Gasteiger partial charge < -0.3 is 34.9 Å². The predicted octanol–water partition coefficient (Wildman–Crippen LogP) is 6.73. The topological polar surface area (TPSA) is 150 Å². The number of methoxy groups -OCH3 is 2. The minimum Gasteiger partial charge on any atom is -0.504 e. The van der Waals surface area contributed by atoms with Gasteiger partial charge in [0.1, 0.15) is 18.0 Å². The maximum Gasteiger partial charge on any atom is 0.302 e. The van der Waals surface area contributed by atoms with Gasteiger partial charge in [0.15, 0.2) is 11.5 Å². The maximum atomic E-state index is 12.7. The second-order valence-corrected chi connectivity index (χ2v) is 15.5. The molecule has 10 heteroatoms. The SMILES string of the molecule is COc1cc(CC[C@H](C[C@@H](OC(C)=O)[C@H]2C[C@@H]3C[C@H]4[C@H](CC[C@H](OC)C[C@@H]4[C@@H](O)C2)C[C@@H]3C(C)C)OC(C)=O)c(-c2ccnc(N)c2)cc1O. The number of pyridine rings is 1. The first-order valence-corrected chi connectivity index (χ1v) is 18.5. The standard InChI is InChI=1S/C40H58N2O8/c1-22(2)32-14-25-7-9-30(47-5)19-35-34(25)15-28(32)13-29(16-36(35)45)38(50-24(4)44)20-31(49-23(3)43)10-8-26-17-39(48-6)37(46)21-33(26)27-11-12-42-40(41)18-27/h11-12,17-18,21-22,25,28-32,34-36,38,45-46H,7-10,13-16,19-20H2,1-6H3,(H2,41,42)/t25-,28-,29+,30+,31-,32-,34+,35+,36+,38-/m1/s1. The number of aryl methyl sites for hydroxylation is 1. The number of phenols is 1. The molecule has 10 nitrogen and oxygen atoms in total. The van der Waals surface area contributed by atoms with Crippen molar-refractivity contribution >= 4 is 17.8 Å². The third kappa shape index (κ3) is 9.10. The molecule has 3 saturated carbocycles. The van der Waals surface area contributed by atoms with Crippen molar-refractivity contribution in [2.45, 2.75) is 116 Å². The molecule has 1 aromatic heterocycles. The zero-order valence-corrected chi connectivity index (χ0v) is 30.7. The zero-order chi connectivity index (χ0) is 36.1. The first-order chi connectivity index (χ1) is 23.9. The van der Waals surface area contributed by atoms with Gasteiger partial charge in [-0.1, -0.05) is 13.8 Å². The highest BCUT2D eigenvalue weighted by Gasteiger charge is 2.49. The molecule has 10 atom stereocenters. The van der Waals surface area contributed by atoms with Gasteiger partial charge in [0.05, 0.1) is 19.3 Å². The Morgan fingerprint density at radius 2 is 1.72 bits per heavy atom. The highest BCUT2D eigenvalue weighted by Crippen LogP contribution is 2.54. The summed E-state index contributed by atoms with van der Waals surface area (Å²) in [6.45, 7) is 7.47. The summed E-state index contributed by atoms with van der Waals surface area (Å²) in [6.07, 6.45) is 8.01. The van der Waals surface area contributed by atoms with Crippen molar-refractivity contribution < 1.29 is 38.7 Å². The molecule has 3 fully saturated rings. The molecule has 3 aliphatic carbocycles. The van der Waals surface area contributed by atoms with Crippen molar-refractivity contribution in [3.63, 3.8) is 0 Å². The first-order valence-electron chi connectivity index (χ1n) is 18.5. The lowest BCUT2D eigenvalue weighted by Crippen LogP contribution is -2.46. The fourth-order valence-corrected chi connectivity index (χ4v) is 9.75. The molecule has 0 unspecified atom stereocenters. The summed E-state index contributed by atoms with van der Waals surface area (Å²) in [5.41, 5.74) is 8.42. The molecule has 2 bridgehead atoms. The summed E-state index contributed by atoms with van der Waals surface area (Å²) in [4.78, 5) is 29.3. The molecule has 0 aliphatic heterocycles. The summed E-state index contributed by atoms with van der Waals surface area (Å²) in [5, 5.41) is 22.6. The molecule has 5 rings (SSSR count). The van der Waals surface area contributed by atoms with Crippen LogP contribution in [-0.4, -0.2) is 65.8 Å². The molecule has 0 saturated heterocycles. The van der Waals surface area contributed by atoms with Crippen molar-refractivity contribution in [3.8, 4) is 22.6 Å². The van der Waals surface area contributed by atoms with Crippen LogP contribution in [0, 0.1) is 41.4 Å². The van der Waals surface area contributed by atoms with Crippen LogP contribution in [0.4, 0.5) is 5.82 Å². The van der Waals surface area contributed by atoms with Crippen LogP contribution in [0.15, 0.2) is 30.5 Å². The molecule has 276 valence electrons. The van der Waals surface area contributed by atoms with E-state index in [4.69, 9.17) is 24.7 Å². The van der Waals surface area contributed by atoms with Crippen molar-refractivity contribution in [2.75, 3.05) is 20.0 Å². The fourth-order valence-electron chi connectivity index (χ4n) is 9.75. The van der Waals surface area contributed by atoms with Crippen LogP contribution < -0.4 is 10.5 Å². The average molecular weight is 695 g/mol. The van der Waals surface area contributed by atoms with Crippen molar-refractivity contribution in [1.82, 2.24) is 4.98 Å². The molecule has 0 amide bonds. The molecule has 4 N–H and O–H groups in total. The third-order valence-electron chi connectivity index (χ3n) is 12.0. The summed E-state index contributed by atoms with van der Waals surface area (Å²) in [6, 6.07) is 7.01. The van der Waals surface area contributed by atoms with Crippen LogP contribution in [0.5, 0.6) is 11.5 Å². The van der Waals surface area contributed by atoms with E-state index in [1.165, 1.54) is 21.0 Å². The first kappa shape index (κ1) is 37.9. The zero-order valence-electron chi connectivity index (χ0n) is 30.7. The van der Waals surface area contributed by atoms with Crippen LogP contribution in [-0.2, 0) is 30.2 Å². The molecular weight excluding hydrogens is 636 g/mol. The van der Waals surface area contributed by atoms with E-state index in [-0.39, 0.29) is 29.7 Å². The van der Waals surface area contributed by atoms with E-state index in [2.05, 4.69) is 18.8 Å². The Morgan fingerprint density at radius 1 is 0.960 bits per heavy atom. The van der Waals surface area contributed by atoms with E-state index in [0.29, 0.717) is 66.8 Å². The van der Waals surface area contributed by atoms with Gasteiger partial charge in [-0.2, -0.15) is 0 Å². The van der Waals surface area contributed by atoms with Gasteiger partial charge in [-0.25, -0.2) is 4.98 Å². The average Bonchev–Trinajstić information content (AvgIpc) is 3.23. The molecule has 1 aromatic carbocycles. The van der Waals surface area contributed by atoms with Gasteiger partial charge >= 0.3 is 11.9 Å². The lowest BCUT2D eigenvalue weighted by atomic mass is 9.56. The number of aromatic hydroxyl groups is 1. The molecule has 1 heterocycles. The Kier molecular flexibility index (Phi) is 12.7. The minimum absolute atomic E-state index is 0.00241. The number of phenolic OH excluding ortho intramolecular Hbond substituents is 1. The number of hydrogen-bond acceptors (Lipinski definition) is 10. The molecule has 2 aromatic rings. The monoisotopic (exact) mass is 694 g/mol. The number of aromatic nitrogens is 1. The number of carbonyl (C=O) groups is 2. The number of aliphatic hydroxyl groups is 1. The number of benzene rings is 1. The number of esters is 2. The number of nitrogens with zero attached hydrogens (tertiary/aromatic N) is 1. The number of fused-ring (bicyclic) bond motifs is 1. The normalized spacial score (nSPS) is 29.2. The summed E-state index contributed by atoms with van der Waals surface area (Å²) in [7, 11) is 3.29. The molecular formula is C40H58N2O8. The number of rotatable bonds is 12. The maximum absolute atomic E-state index is 12.7. The molecule has 3 aliphatic rings. The number of nitrogens with two attached hydrogens (primary N) is 1. The van der Waals surface area contributed by atoms with Crippen molar-refractivity contribution in [3.05, 3.63) is 36.0 Å². The second-order valence-electron chi connectivity index (χ2n) is 15.5. The summed E-state index contributed by atoms with van der Waals surface area (Å²) >= 11 is 0. The van der Waals surface area contributed by atoms with Crippen LogP contribution in [0.1, 0.15) is 91.0 Å². The second kappa shape index (κ2) is 16.8. The molecule has 50 heavy (non-hydrogen) atoms. The Morgan fingerprint density at radius 3 is 2.38 bits per heavy atom. The van der Waals surface area contributed by atoms with E-state index in [0.717, 1.165) is 55.2 Å². The van der Waals surface area contributed by atoms with Crippen molar-refractivity contribution in [1.29, 1.82) is 0 Å². The summed E-state index contributed by atoms with van der Waals surface area (Å²) in [5.74, 6) is 2.54. The lowest BCUT2D eigenvalue weighted by molar-refractivity contribution is -0.158. The van der Waals surface area contributed by atoms with Gasteiger partial charge in [0, 0.05) is 33.6 Å². The van der Waals surface area contributed by atoms with E-state index in [1.807, 2.05) is 6.07 Å². The molecule has 0 radical (unpaired) electrons. The number of carbonyl (C=O) groups excluding carboxylic acids is 2. The Labute approximate surface area is 297 Å². The van der Waals surface area contributed by atoms with Gasteiger partial charge in [-0.15, -0.1) is 0 Å². The predicted molar refractivity (Wildman–Crippen MR) is 191 cm³/mol. The van der Waals surface area contributed by atoms with E-state index in [9.17, 15) is 19.8 Å². The number of nitrogen functional groups attached to an aromatic ring is 1. The minimum atomic E-state index is -0.560. The van der Waals surface area contributed by atoms with E-state index >= 15 is 0 Å². The number of hydrogen-bond donors (Lipinski definition) is 3. The fraction of sp³-hybridized carbons (Fsp3) is 0.675. The lowest BCUT2D eigenvalue weighted by Gasteiger charge is -2.50. The smallest absolute Gasteiger partial charge is 0.302 e. The largest absolute Gasteiger partial charge is 0.504 e. The summed E-state index contributed by atoms with van der Waals surface area (Å²) < 4.78 is 23.4. The Balaban J connectivity index is 1.43. The number of ether oxygens (including phenoxy) is 4.